The van der Waals surface area contributed by atoms with Gasteiger partial charge in [-0.1, -0.05) is 32.4 Å². The summed E-state index contributed by atoms with van der Waals surface area (Å²) in [4.78, 5) is 11.1. The van der Waals surface area contributed by atoms with Crippen molar-refractivity contribution in [1.82, 2.24) is 9.97 Å². The topological polar surface area (TPSA) is 29.0 Å². The van der Waals surface area contributed by atoms with Gasteiger partial charge in [-0.2, -0.15) is 0 Å². The molecule has 0 aromatic carbocycles. The molecule has 0 spiro atoms. The summed E-state index contributed by atoms with van der Waals surface area (Å²) in [6.45, 7) is 8.59. The monoisotopic (exact) mass is 239 g/mol. The van der Waals surface area contributed by atoms with E-state index in [2.05, 4.69) is 35.6 Å². The molecule has 2 heterocycles. The summed E-state index contributed by atoms with van der Waals surface area (Å²) in [6, 6.07) is 1.87. The molecule has 4 heteroatoms. The van der Waals surface area contributed by atoms with Gasteiger partial charge >= 0.3 is 0 Å². The summed E-state index contributed by atoms with van der Waals surface area (Å²) in [5.41, 5.74) is 0. The van der Waals surface area contributed by atoms with Crippen LogP contribution in [-0.2, 0) is 0 Å². The first-order chi connectivity index (χ1) is 7.56. The minimum atomic E-state index is 0.317. The van der Waals surface area contributed by atoms with Gasteiger partial charge < -0.3 is 4.90 Å². The first-order valence-corrected chi connectivity index (χ1v) is 6.23. The Balaban J connectivity index is 2.27. The van der Waals surface area contributed by atoms with Gasteiger partial charge in [-0.3, -0.25) is 0 Å². The van der Waals surface area contributed by atoms with E-state index in [1.807, 2.05) is 6.07 Å². The number of anilines is 1. The fourth-order valence-corrected chi connectivity index (χ4v) is 2.17. The van der Waals surface area contributed by atoms with Gasteiger partial charge in [0.1, 0.15) is 16.8 Å². The maximum Gasteiger partial charge on any atom is 0.135 e. The van der Waals surface area contributed by atoms with Gasteiger partial charge in [0.05, 0.1) is 0 Å². The normalized spacial score (nSPS) is 20.8. The van der Waals surface area contributed by atoms with Crippen LogP contribution in [0.5, 0.6) is 0 Å². The van der Waals surface area contributed by atoms with Crippen molar-refractivity contribution in [2.75, 3.05) is 18.0 Å². The number of rotatable bonds is 2. The fourth-order valence-electron chi connectivity index (χ4n) is 1.99. The van der Waals surface area contributed by atoms with Crippen LogP contribution in [0.3, 0.4) is 0 Å². The van der Waals surface area contributed by atoms with Gasteiger partial charge in [-0.15, -0.1) is 0 Å². The first kappa shape index (κ1) is 11.6. The Kier molecular flexibility index (Phi) is 3.33. The molecule has 0 radical (unpaired) electrons. The lowest BCUT2D eigenvalue weighted by Crippen LogP contribution is -2.21. The Labute approximate surface area is 102 Å². The lowest BCUT2D eigenvalue weighted by molar-refractivity contribution is 0.658. The summed E-state index contributed by atoms with van der Waals surface area (Å²) in [5.74, 6) is 2.88. The van der Waals surface area contributed by atoms with Crippen molar-refractivity contribution in [1.29, 1.82) is 0 Å². The minimum absolute atomic E-state index is 0.317. The van der Waals surface area contributed by atoms with Gasteiger partial charge in [-0.05, 0) is 12.3 Å². The summed E-state index contributed by atoms with van der Waals surface area (Å²) in [6.07, 6.45) is 1.23. The van der Waals surface area contributed by atoms with Crippen LogP contribution in [0.4, 0.5) is 5.82 Å². The number of hydrogen-bond acceptors (Lipinski definition) is 3. The Bertz CT molecular complexity index is 379. The average Bonchev–Trinajstić information content (AvgIpc) is 2.64. The Morgan fingerprint density at radius 2 is 2.19 bits per heavy atom. The smallest absolute Gasteiger partial charge is 0.135 e. The Morgan fingerprint density at radius 3 is 2.75 bits per heavy atom. The van der Waals surface area contributed by atoms with Gasteiger partial charge in [0, 0.05) is 25.1 Å². The van der Waals surface area contributed by atoms with Crippen molar-refractivity contribution in [2.45, 2.75) is 33.1 Å². The second kappa shape index (κ2) is 4.58. The SMILES string of the molecule is CC1CCN(c2cc(Cl)nc(C(C)C)n2)C1. The molecule has 0 N–H and O–H groups in total. The predicted molar refractivity (Wildman–Crippen MR) is 67.1 cm³/mol. The fraction of sp³-hybridized carbons (Fsp3) is 0.667. The van der Waals surface area contributed by atoms with Crippen molar-refractivity contribution in [3.05, 3.63) is 17.0 Å². The van der Waals surface area contributed by atoms with E-state index in [4.69, 9.17) is 11.6 Å². The van der Waals surface area contributed by atoms with Crippen LogP contribution in [-0.4, -0.2) is 23.1 Å². The molecule has 1 fully saturated rings. The molecule has 2 rings (SSSR count). The molecule has 0 bridgehead atoms. The zero-order valence-electron chi connectivity index (χ0n) is 10.1. The molecule has 0 saturated carbocycles. The molecule has 1 atom stereocenters. The van der Waals surface area contributed by atoms with Crippen LogP contribution in [0.15, 0.2) is 6.07 Å². The molecule has 0 aliphatic carbocycles. The lowest BCUT2D eigenvalue weighted by Gasteiger charge is -2.18. The molecule has 16 heavy (non-hydrogen) atoms. The van der Waals surface area contributed by atoms with E-state index in [9.17, 15) is 0 Å². The van der Waals surface area contributed by atoms with E-state index in [1.54, 1.807) is 0 Å². The van der Waals surface area contributed by atoms with Crippen LogP contribution >= 0.6 is 11.6 Å². The van der Waals surface area contributed by atoms with Crippen LogP contribution in [0.25, 0.3) is 0 Å². The quantitative estimate of drug-likeness (QED) is 0.743. The van der Waals surface area contributed by atoms with Gasteiger partial charge in [0.15, 0.2) is 0 Å². The van der Waals surface area contributed by atoms with Crippen LogP contribution in [0.1, 0.15) is 38.9 Å². The van der Waals surface area contributed by atoms with Crippen LogP contribution in [0, 0.1) is 5.92 Å². The highest BCUT2D eigenvalue weighted by Gasteiger charge is 2.21. The summed E-state index contributed by atoms with van der Waals surface area (Å²) < 4.78 is 0. The molecule has 1 saturated heterocycles. The third kappa shape index (κ3) is 2.46. The molecular weight excluding hydrogens is 222 g/mol. The zero-order chi connectivity index (χ0) is 11.7. The van der Waals surface area contributed by atoms with Crippen LogP contribution < -0.4 is 4.90 Å². The summed E-state index contributed by atoms with van der Waals surface area (Å²) >= 11 is 6.03. The van der Waals surface area contributed by atoms with E-state index in [0.29, 0.717) is 11.1 Å². The molecule has 1 aliphatic heterocycles. The van der Waals surface area contributed by atoms with E-state index in [-0.39, 0.29) is 0 Å². The maximum atomic E-state index is 6.03. The molecule has 1 aromatic rings. The van der Waals surface area contributed by atoms with Crippen molar-refractivity contribution < 1.29 is 0 Å². The zero-order valence-corrected chi connectivity index (χ0v) is 10.8. The van der Waals surface area contributed by atoms with Crippen LogP contribution in [0.2, 0.25) is 5.15 Å². The second-order valence-corrected chi connectivity index (χ2v) is 5.29. The number of nitrogens with zero attached hydrogens (tertiary/aromatic N) is 3. The Hall–Kier alpha value is -0.830. The maximum absolute atomic E-state index is 6.03. The van der Waals surface area contributed by atoms with Crippen molar-refractivity contribution in [3.8, 4) is 0 Å². The molecule has 1 aromatic heterocycles. The Morgan fingerprint density at radius 1 is 1.44 bits per heavy atom. The third-order valence-corrected chi connectivity index (χ3v) is 3.16. The average molecular weight is 240 g/mol. The molecule has 1 aliphatic rings. The largest absolute Gasteiger partial charge is 0.356 e. The number of aromatic nitrogens is 2. The highest BCUT2D eigenvalue weighted by atomic mass is 35.5. The van der Waals surface area contributed by atoms with Gasteiger partial charge in [0.2, 0.25) is 0 Å². The van der Waals surface area contributed by atoms with E-state index >= 15 is 0 Å². The predicted octanol–water partition coefficient (Wildman–Crippen LogP) is 3.10. The number of hydrogen-bond donors (Lipinski definition) is 0. The van der Waals surface area contributed by atoms with E-state index in [0.717, 1.165) is 30.6 Å². The van der Waals surface area contributed by atoms with Gasteiger partial charge in [0.25, 0.3) is 0 Å². The van der Waals surface area contributed by atoms with E-state index < -0.39 is 0 Å². The highest BCUT2D eigenvalue weighted by molar-refractivity contribution is 6.29. The molecule has 3 nitrogen and oxygen atoms in total. The van der Waals surface area contributed by atoms with Crippen molar-refractivity contribution in [3.63, 3.8) is 0 Å². The molecular formula is C12H18ClN3. The summed E-state index contributed by atoms with van der Waals surface area (Å²) in [5, 5.41) is 0.549. The van der Waals surface area contributed by atoms with Crippen molar-refractivity contribution in [2.24, 2.45) is 5.92 Å². The standard InChI is InChI=1S/C12H18ClN3/c1-8(2)12-14-10(13)6-11(15-12)16-5-4-9(3)7-16/h6,8-9H,4-5,7H2,1-3H3. The number of halogens is 1. The second-order valence-electron chi connectivity index (χ2n) is 4.90. The molecule has 0 amide bonds. The van der Waals surface area contributed by atoms with Gasteiger partial charge in [-0.25, -0.2) is 9.97 Å². The van der Waals surface area contributed by atoms with E-state index in [1.165, 1.54) is 6.42 Å². The lowest BCUT2D eigenvalue weighted by atomic mass is 10.2. The molecule has 1 unspecified atom stereocenters. The van der Waals surface area contributed by atoms with Crippen molar-refractivity contribution >= 4 is 17.4 Å². The third-order valence-electron chi connectivity index (χ3n) is 2.96. The first-order valence-electron chi connectivity index (χ1n) is 5.85. The molecule has 88 valence electrons. The summed E-state index contributed by atoms with van der Waals surface area (Å²) in [7, 11) is 0. The highest BCUT2D eigenvalue weighted by Crippen LogP contribution is 2.25. The minimum Gasteiger partial charge on any atom is -0.356 e.